The van der Waals surface area contributed by atoms with Crippen LogP contribution in [0.15, 0.2) is 58.1 Å². The number of halogens is 1. The molecule has 1 N–H and O–H groups in total. The van der Waals surface area contributed by atoms with Gasteiger partial charge in [-0.05, 0) is 64.8 Å². The van der Waals surface area contributed by atoms with Gasteiger partial charge in [0.15, 0.2) is 6.61 Å². The molecule has 2 rings (SSSR count). The van der Waals surface area contributed by atoms with Crippen LogP contribution in [0.5, 0.6) is 5.75 Å². The van der Waals surface area contributed by atoms with Crippen molar-refractivity contribution in [2.45, 2.75) is 6.92 Å². The molecule has 0 bridgehead atoms. The lowest BCUT2D eigenvalue weighted by Crippen LogP contribution is -2.27. The molecule has 0 saturated heterocycles. The molecular weight excluding hydrogens is 398 g/mol. The zero-order valence-corrected chi connectivity index (χ0v) is 16.4. The number of hydrazone groups is 1. The maximum atomic E-state index is 12.2. The molecule has 0 aliphatic heterocycles. The van der Waals surface area contributed by atoms with Crippen molar-refractivity contribution in [2.75, 3.05) is 20.7 Å². The van der Waals surface area contributed by atoms with Gasteiger partial charge in [0.05, 0.1) is 11.3 Å². The molecule has 0 atom stereocenters. The number of carbonyl (C=O) groups excluding carboxylic acids is 2. The quantitative estimate of drug-likeness (QED) is 0.579. The van der Waals surface area contributed by atoms with E-state index >= 15 is 0 Å². The largest absolute Gasteiger partial charge is 0.484 e. The molecule has 2 aromatic carbocycles. The first-order valence-corrected chi connectivity index (χ1v) is 8.70. The molecule has 0 aliphatic carbocycles. The minimum absolute atomic E-state index is 0.0125. The van der Waals surface area contributed by atoms with Crippen LogP contribution in [-0.4, -0.2) is 43.1 Å². The summed E-state index contributed by atoms with van der Waals surface area (Å²) in [6, 6.07) is 14.3. The lowest BCUT2D eigenvalue weighted by atomic mass is 10.1. The Morgan fingerprint density at radius 2 is 1.77 bits per heavy atom. The molecule has 0 saturated carbocycles. The van der Waals surface area contributed by atoms with Crippen LogP contribution in [0.4, 0.5) is 0 Å². The SMILES string of the molecule is C/C(=N/NC(=O)c1ccccc1Br)c1ccc(OCC(=O)N(C)C)cc1. The summed E-state index contributed by atoms with van der Waals surface area (Å²) >= 11 is 3.34. The van der Waals surface area contributed by atoms with Gasteiger partial charge in [-0.25, -0.2) is 5.43 Å². The van der Waals surface area contributed by atoms with Gasteiger partial charge in [0, 0.05) is 18.6 Å². The Kier molecular flexibility index (Phi) is 6.91. The number of amides is 2. The number of nitrogens with one attached hydrogen (secondary N) is 1. The fourth-order valence-electron chi connectivity index (χ4n) is 1.97. The zero-order valence-electron chi connectivity index (χ0n) is 14.8. The number of ether oxygens (including phenoxy) is 1. The Morgan fingerprint density at radius 3 is 2.38 bits per heavy atom. The van der Waals surface area contributed by atoms with Gasteiger partial charge in [0.25, 0.3) is 11.8 Å². The average Bonchev–Trinajstić information content (AvgIpc) is 2.64. The first-order chi connectivity index (χ1) is 12.4. The Morgan fingerprint density at radius 1 is 1.12 bits per heavy atom. The van der Waals surface area contributed by atoms with E-state index in [2.05, 4.69) is 26.5 Å². The van der Waals surface area contributed by atoms with E-state index in [-0.39, 0.29) is 18.4 Å². The Bertz CT molecular complexity index is 817. The van der Waals surface area contributed by atoms with E-state index in [1.165, 1.54) is 4.90 Å². The summed E-state index contributed by atoms with van der Waals surface area (Å²) in [6.07, 6.45) is 0. The van der Waals surface area contributed by atoms with Crippen molar-refractivity contribution in [1.82, 2.24) is 10.3 Å². The van der Waals surface area contributed by atoms with E-state index in [4.69, 9.17) is 4.74 Å². The molecule has 0 heterocycles. The minimum atomic E-state index is -0.293. The van der Waals surface area contributed by atoms with Crippen LogP contribution in [0.25, 0.3) is 0 Å². The van der Waals surface area contributed by atoms with E-state index in [9.17, 15) is 9.59 Å². The minimum Gasteiger partial charge on any atom is -0.484 e. The Balaban J connectivity index is 1.97. The monoisotopic (exact) mass is 417 g/mol. The predicted molar refractivity (Wildman–Crippen MR) is 104 cm³/mol. The third kappa shape index (κ3) is 5.42. The molecule has 0 aliphatic rings. The molecule has 2 aromatic rings. The van der Waals surface area contributed by atoms with Gasteiger partial charge in [0.2, 0.25) is 0 Å². The summed E-state index contributed by atoms with van der Waals surface area (Å²) in [5.41, 5.74) is 4.55. The van der Waals surface area contributed by atoms with Crippen LogP contribution in [0, 0.1) is 0 Å². The van der Waals surface area contributed by atoms with Crippen LogP contribution < -0.4 is 10.2 Å². The first-order valence-electron chi connectivity index (χ1n) is 7.91. The summed E-state index contributed by atoms with van der Waals surface area (Å²) in [7, 11) is 3.35. The molecule has 2 amide bonds. The average molecular weight is 418 g/mol. The maximum Gasteiger partial charge on any atom is 0.272 e. The highest BCUT2D eigenvalue weighted by Crippen LogP contribution is 2.16. The smallest absolute Gasteiger partial charge is 0.272 e. The van der Waals surface area contributed by atoms with Gasteiger partial charge >= 0.3 is 0 Å². The molecule has 26 heavy (non-hydrogen) atoms. The normalized spacial score (nSPS) is 11.0. The highest BCUT2D eigenvalue weighted by Gasteiger charge is 2.09. The summed E-state index contributed by atoms with van der Waals surface area (Å²) in [5, 5.41) is 4.13. The number of nitrogens with zero attached hydrogens (tertiary/aromatic N) is 2. The second kappa shape index (κ2) is 9.15. The molecule has 7 heteroatoms. The van der Waals surface area contributed by atoms with Gasteiger partial charge in [-0.15, -0.1) is 0 Å². The predicted octanol–water partition coefficient (Wildman–Crippen LogP) is 3.07. The fraction of sp³-hybridized carbons (Fsp3) is 0.211. The van der Waals surface area contributed by atoms with E-state index in [1.807, 2.05) is 18.2 Å². The van der Waals surface area contributed by atoms with Crippen LogP contribution >= 0.6 is 15.9 Å². The number of likely N-dealkylation sites (N-methyl/N-ethyl adjacent to an activating group) is 1. The van der Waals surface area contributed by atoms with E-state index in [1.54, 1.807) is 51.4 Å². The van der Waals surface area contributed by atoms with Crippen molar-refractivity contribution in [3.63, 3.8) is 0 Å². The molecule has 0 radical (unpaired) electrons. The molecule has 0 spiro atoms. The second-order valence-electron chi connectivity index (χ2n) is 5.72. The molecule has 6 nitrogen and oxygen atoms in total. The van der Waals surface area contributed by atoms with Crippen molar-refractivity contribution in [1.29, 1.82) is 0 Å². The standard InChI is InChI=1S/C19H20BrN3O3/c1-13(21-22-19(25)16-6-4-5-7-17(16)20)14-8-10-15(11-9-14)26-12-18(24)23(2)3/h4-11H,12H2,1-3H3,(H,22,25)/b21-13-. The van der Waals surface area contributed by atoms with E-state index < -0.39 is 0 Å². The Labute approximate surface area is 161 Å². The van der Waals surface area contributed by atoms with Crippen LogP contribution in [0.1, 0.15) is 22.8 Å². The third-order valence-electron chi connectivity index (χ3n) is 3.58. The number of rotatable bonds is 6. The van der Waals surface area contributed by atoms with Crippen molar-refractivity contribution >= 4 is 33.5 Å². The number of hydrogen-bond donors (Lipinski definition) is 1. The zero-order chi connectivity index (χ0) is 19.1. The number of carbonyl (C=O) groups is 2. The number of benzene rings is 2. The highest BCUT2D eigenvalue weighted by molar-refractivity contribution is 9.10. The summed E-state index contributed by atoms with van der Waals surface area (Å²) in [4.78, 5) is 25.1. The summed E-state index contributed by atoms with van der Waals surface area (Å²) in [6.45, 7) is 1.78. The summed E-state index contributed by atoms with van der Waals surface area (Å²) < 4.78 is 6.13. The first kappa shape index (κ1) is 19.7. The van der Waals surface area contributed by atoms with Crippen LogP contribution in [0.3, 0.4) is 0 Å². The molecule has 0 unspecified atom stereocenters. The third-order valence-corrected chi connectivity index (χ3v) is 4.27. The van der Waals surface area contributed by atoms with E-state index in [0.717, 1.165) is 5.56 Å². The molecule has 136 valence electrons. The number of hydrogen-bond acceptors (Lipinski definition) is 4. The highest BCUT2D eigenvalue weighted by atomic mass is 79.9. The van der Waals surface area contributed by atoms with Crippen molar-refractivity contribution in [3.8, 4) is 5.75 Å². The van der Waals surface area contributed by atoms with E-state index in [0.29, 0.717) is 21.5 Å². The molecule has 0 fully saturated rings. The van der Waals surface area contributed by atoms with Gasteiger partial charge in [0.1, 0.15) is 5.75 Å². The Hall–Kier alpha value is -2.67. The van der Waals surface area contributed by atoms with Crippen LogP contribution in [-0.2, 0) is 4.79 Å². The topological polar surface area (TPSA) is 71.0 Å². The maximum absolute atomic E-state index is 12.2. The van der Waals surface area contributed by atoms with Gasteiger partial charge in [-0.3, -0.25) is 9.59 Å². The molecule has 0 aromatic heterocycles. The van der Waals surface area contributed by atoms with Crippen molar-refractivity contribution in [2.24, 2.45) is 5.10 Å². The van der Waals surface area contributed by atoms with Gasteiger partial charge in [-0.1, -0.05) is 12.1 Å². The summed E-state index contributed by atoms with van der Waals surface area (Å²) in [5.74, 6) is 0.189. The molecular formula is C19H20BrN3O3. The fourth-order valence-corrected chi connectivity index (χ4v) is 2.44. The van der Waals surface area contributed by atoms with Crippen LogP contribution in [0.2, 0.25) is 0 Å². The van der Waals surface area contributed by atoms with Gasteiger partial charge < -0.3 is 9.64 Å². The lowest BCUT2D eigenvalue weighted by Gasteiger charge is -2.11. The van der Waals surface area contributed by atoms with Gasteiger partial charge in [-0.2, -0.15) is 5.10 Å². The van der Waals surface area contributed by atoms with Crippen molar-refractivity contribution < 1.29 is 14.3 Å². The second-order valence-corrected chi connectivity index (χ2v) is 6.57. The van der Waals surface area contributed by atoms with Crippen molar-refractivity contribution in [3.05, 3.63) is 64.1 Å². The lowest BCUT2D eigenvalue weighted by molar-refractivity contribution is -0.130.